The molecule has 0 bridgehead atoms. The average molecular weight is 241 g/mol. The van der Waals surface area contributed by atoms with Crippen LogP contribution in [-0.2, 0) is 0 Å². The van der Waals surface area contributed by atoms with Crippen LogP contribution in [0.2, 0.25) is 0 Å². The van der Waals surface area contributed by atoms with E-state index in [0.29, 0.717) is 11.3 Å². The largest absolute Gasteiger partial charge is 0.505 e. The van der Waals surface area contributed by atoms with Crippen LogP contribution >= 0.6 is 0 Å². The Bertz CT molecular complexity index is 559. The molecule has 0 saturated heterocycles. The zero-order valence-electron chi connectivity index (χ0n) is 10.1. The third kappa shape index (κ3) is 2.63. The number of phenols is 1. The first-order chi connectivity index (χ1) is 8.70. The lowest BCUT2D eigenvalue weighted by atomic mass is 10.1. The summed E-state index contributed by atoms with van der Waals surface area (Å²) in [5.74, 6) is 0.932. The summed E-state index contributed by atoms with van der Waals surface area (Å²) in [4.78, 5) is 0. The Kier molecular flexibility index (Phi) is 3.53. The third-order valence-corrected chi connectivity index (χ3v) is 2.67. The van der Waals surface area contributed by atoms with Gasteiger partial charge in [0, 0.05) is 5.56 Å². The SMILES string of the molecule is COc1ccc(/C=C/c2cccc(N)c2O)cc1. The van der Waals surface area contributed by atoms with E-state index < -0.39 is 0 Å². The number of nitrogens with two attached hydrogens (primary N) is 1. The average Bonchev–Trinajstić information content (AvgIpc) is 2.41. The first kappa shape index (κ1) is 12.0. The van der Waals surface area contributed by atoms with Gasteiger partial charge in [-0.15, -0.1) is 0 Å². The first-order valence-corrected chi connectivity index (χ1v) is 5.60. The molecule has 0 heterocycles. The van der Waals surface area contributed by atoms with Gasteiger partial charge in [-0.25, -0.2) is 0 Å². The van der Waals surface area contributed by atoms with Crippen molar-refractivity contribution in [3.05, 3.63) is 53.6 Å². The van der Waals surface area contributed by atoms with Crippen molar-refractivity contribution < 1.29 is 9.84 Å². The van der Waals surface area contributed by atoms with E-state index in [1.165, 1.54) is 0 Å². The van der Waals surface area contributed by atoms with Crippen LogP contribution in [-0.4, -0.2) is 12.2 Å². The highest BCUT2D eigenvalue weighted by molar-refractivity contribution is 5.76. The molecular weight excluding hydrogens is 226 g/mol. The lowest BCUT2D eigenvalue weighted by molar-refractivity contribution is 0.415. The van der Waals surface area contributed by atoms with Crippen LogP contribution in [0, 0.1) is 0 Å². The number of rotatable bonds is 3. The van der Waals surface area contributed by atoms with Gasteiger partial charge in [0.15, 0.2) is 0 Å². The van der Waals surface area contributed by atoms with Crippen molar-refractivity contribution in [2.24, 2.45) is 0 Å². The van der Waals surface area contributed by atoms with Gasteiger partial charge >= 0.3 is 0 Å². The topological polar surface area (TPSA) is 55.5 Å². The maximum absolute atomic E-state index is 9.76. The van der Waals surface area contributed by atoms with Gasteiger partial charge in [0.25, 0.3) is 0 Å². The van der Waals surface area contributed by atoms with Crippen molar-refractivity contribution in [2.45, 2.75) is 0 Å². The molecule has 0 aliphatic carbocycles. The minimum absolute atomic E-state index is 0.113. The fourth-order valence-electron chi connectivity index (χ4n) is 1.62. The molecule has 0 aliphatic heterocycles. The molecule has 0 amide bonds. The predicted molar refractivity (Wildman–Crippen MR) is 74.4 cm³/mol. The number of benzene rings is 2. The number of aromatic hydroxyl groups is 1. The quantitative estimate of drug-likeness (QED) is 0.493. The van der Waals surface area contributed by atoms with E-state index in [4.69, 9.17) is 10.5 Å². The summed E-state index contributed by atoms with van der Waals surface area (Å²) in [7, 11) is 1.63. The van der Waals surface area contributed by atoms with Crippen molar-refractivity contribution in [1.29, 1.82) is 0 Å². The highest BCUT2D eigenvalue weighted by Crippen LogP contribution is 2.26. The van der Waals surface area contributed by atoms with Gasteiger partial charge in [-0.05, 0) is 23.8 Å². The van der Waals surface area contributed by atoms with E-state index in [1.807, 2.05) is 48.6 Å². The molecule has 18 heavy (non-hydrogen) atoms. The molecule has 2 aromatic carbocycles. The van der Waals surface area contributed by atoms with Gasteiger partial charge in [-0.1, -0.05) is 36.4 Å². The Labute approximate surface area is 106 Å². The van der Waals surface area contributed by atoms with Crippen LogP contribution in [0.3, 0.4) is 0 Å². The fourth-order valence-corrected chi connectivity index (χ4v) is 1.62. The van der Waals surface area contributed by atoms with Gasteiger partial charge in [0.05, 0.1) is 12.8 Å². The molecule has 0 unspecified atom stereocenters. The summed E-state index contributed by atoms with van der Waals surface area (Å²) in [5, 5.41) is 9.76. The second-order valence-electron chi connectivity index (χ2n) is 3.89. The number of methoxy groups -OCH3 is 1. The number of nitrogen functional groups attached to an aromatic ring is 1. The lowest BCUT2D eigenvalue weighted by Gasteiger charge is -2.02. The highest BCUT2D eigenvalue weighted by Gasteiger charge is 2.00. The van der Waals surface area contributed by atoms with Gasteiger partial charge < -0.3 is 15.6 Å². The Morgan fingerprint density at radius 3 is 2.44 bits per heavy atom. The molecule has 0 aromatic heterocycles. The Morgan fingerprint density at radius 2 is 1.78 bits per heavy atom. The summed E-state index contributed by atoms with van der Waals surface area (Å²) in [5.41, 5.74) is 7.73. The Hall–Kier alpha value is -2.42. The summed E-state index contributed by atoms with van der Waals surface area (Å²) in [6, 6.07) is 12.9. The molecular formula is C15H15NO2. The summed E-state index contributed by atoms with van der Waals surface area (Å²) >= 11 is 0. The number of ether oxygens (including phenoxy) is 1. The van der Waals surface area contributed by atoms with Gasteiger partial charge in [-0.3, -0.25) is 0 Å². The van der Waals surface area contributed by atoms with E-state index in [2.05, 4.69) is 0 Å². The Balaban J connectivity index is 2.21. The maximum atomic E-state index is 9.76. The van der Waals surface area contributed by atoms with Crippen LogP contribution in [0.1, 0.15) is 11.1 Å². The normalized spacial score (nSPS) is 10.7. The van der Waals surface area contributed by atoms with Crippen LogP contribution in [0.25, 0.3) is 12.2 Å². The maximum Gasteiger partial charge on any atom is 0.145 e. The number of anilines is 1. The molecule has 0 aliphatic rings. The molecule has 0 fully saturated rings. The third-order valence-electron chi connectivity index (χ3n) is 2.67. The summed E-state index contributed by atoms with van der Waals surface area (Å²) in [6.07, 6.45) is 3.74. The minimum Gasteiger partial charge on any atom is -0.505 e. The summed E-state index contributed by atoms with van der Waals surface area (Å²) < 4.78 is 5.09. The molecule has 3 heteroatoms. The van der Waals surface area contributed by atoms with Gasteiger partial charge in [-0.2, -0.15) is 0 Å². The predicted octanol–water partition coefficient (Wildman–Crippen LogP) is 3.15. The van der Waals surface area contributed by atoms with E-state index in [9.17, 15) is 5.11 Å². The van der Waals surface area contributed by atoms with Crippen molar-refractivity contribution in [1.82, 2.24) is 0 Å². The van der Waals surface area contributed by atoms with E-state index in [1.54, 1.807) is 13.2 Å². The lowest BCUT2D eigenvalue weighted by Crippen LogP contribution is -1.86. The van der Waals surface area contributed by atoms with E-state index in [0.717, 1.165) is 11.3 Å². The molecule has 0 spiro atoms. The molecule has 0 atom stereocenters. The zero-order chi connectivity index (χ0) is 13.0. The molecule has 2 aromatic rings. The van der Waals surface area contributed by atoms with Gasteiger partial charge in [0.1, 0.15) is 11.5 Å². The van der Waals surface area contributed by atoms with Crippen molar-refractivity contribution in [3.8, 4) is 11.5 Å². The molecule has 2 rings (SSSR count). The van der Waals surface area contributed by atoms with E-state index in [-0.39, 0.29) is 5.75 Å². The zero-order valence-corrected chi connectivity index (χ0v) is 10.1. The van der Waals surface area contributed by atoms with Crippen molar-refractivity contribution in [3.63, 3.8) is 0 Å². The number of hydrogen-bond acceptors (Lipinski definition) is 3. The van der Waals surface area contributed by atoms with Crippen LogP contribution in [0.4, 0.5) is 5.69 Å². The summed E-state index contributed by atoms with van der Waals surface area (Å²) in [6.45, 7) is 0. The van der Waals surface area contributed by atoms with Crippen molar-refractivity contribution in [2.75, 3.05) is 12.8 Å². The second kappa shape index (κ2) is 5.27. The van der Waals surface area contributed by atoms with Crippen LogP contribution < -0.4 is 10.5 Å². The standard InChI is InChI=1S/C15H15NO2/c1-18-13-9-6-11(7-10-13)5-8-12-3-2-4-14(16)15(12)17/h2-10,17H,16H2,1H3/b8-5+. The first-order valence-electron chi connectivity index (χ1n) is 5.60. The number of phenolic OH excluding ortho intramolecular Hbond substituents is 1. The molecule has 92 valence electrons. The molecule has 3 nitrogen and oxygen atoms in total. The minimum atomic E-state index is 0.113. The highest BCUT2D eigenvalue weighted by atomic mass is 16.5. The van der Waals surface area contributed by atoms with Crippen LogP contribution in [0.5, 0.6) is 11.5 Å². The monoisotopic (exact) mass is 241 g/mol. The van der Waals surface area contributed by atoms with Gasteiger partial charge in [0.2, 0.25) is 0 Å². The van der Waals surface area contributed by atoms with E-state index >= 15 is 0 Å². The second-order valence-corrected chi connectivity index (χ2v) is 3.89. The smallest absolute Gasteiger partial charge is 0.145 e. The number of para-hydroxylation sites is 1. The number of hydrogen-bond donors (Lipinski definition) is 2. The Morgan fingerprint density at radius 1 is 1.06 bits per heavy atom. The molecule has 0 saturated carbocycles. The fraction of sp³-hybridized carbons (Fsp3) is 0.0667. The van der Waals surface area contributed by atoms with Crippen LogP contribution in [0.15, 0.2) is 42.5 Å². The molecule has 0 radical (unpaired) electrons. The molecule has 3 N–H and O–H groups in total. The van der Waals surface area contributed by atoms with Crippen molar-refractivity contribution >= 4 is 17.8 Å².